The number of halogens is 3. The van der Waals surface area contributed by atoms with E-state index in [9.17, 15) is 17.6 Å². The Morgan fingerprint density at radius 3 is 2.32 bits per heavy atom. The average Bonchev–Trinajstić information content (AvgIpc) is 2.83. The van der Waals surface area contributed by atoms with Gasteiger partial charge in [0.15, 0.2) is 0 Å². The zero-order chi connectivity index (χ0) is 27.6. The van der Waals surface area contributed by atoms with Crippen molar-refractivity contribution in [1.29, 1.82) is 0 Å². The van der Waals surface area contributed by atoms with E-state index in [0.29, 0.717) is 19.6 Å². The molecule has 8 nitrogen and oxygen atoms in total. The predicted octanol–water partition coefficient (Wildman–Crippen LogP) is 4.89. The molecule has 1 amide bonds. The molecule has 0 aromatic heterocycles. The molecule has 12 heteroatoms. The molecule has 1 aliphatic heterocycles. The van der Waals surface area contributed by atoms with Crippen LogP contribution < -0.4 is 15.2 Å². The van der Waals surface area contributed by atoms with E-state index in [1.165, 1.54) is 12.1 Å². The van der Waals surface area contributed by atoms with Gasteiger partial charge in [-0.15, -0.1) is 0 Å². The average molecular weight is 579 g/mol. The van der Waals surface area contributed by atoms with Gasteiger partial charge in [0, 0.05) is 6.61 Å². The Bertz CT molecular complexity index is 1120. The highest BCUT2D eigenvalue weighted by Crippen LogP contribution is 2.31. The molecule has 0 bridgehead atoms. The van der Waals surface area contributed by atoms with E-state index in [0.717, 1.165) is 50.1 Å². The normalized spacial score (nSPS) is 17.6. The van der Waals surface area contributed by atoms with Crippen molar-refractivity contribution in [3.8, 4) is 5.75 Å². The molecule has 206 valence electrons. The van der Waals surface area contributed by atoms with Gasteiger partial charge >= 0.3 is 0 Å². The van der Waals surface area contributed by atoms with Crippen molar-refractivity contribution >= 4 is 44.8 Å². The monoisotopic (exact) mass is 577 g/mol. The number of anilines is 1. The standard InChI is InChI=1S/C13H16Cl2N2O4S.C12H18FNO/c1-13(4-2-3-5-21-13)12(18)17-22(19,20)8-6-9(14)11(16)10(15)7-8;1-14(2)9-3-4-10-15-12-7-5-11(13)6-8-12/h6-7H,2-5,16H2,1H3,(H,17,18);5-8H,3-4,9-10H2,1-2H3. The number of nitrogens with zero attached hydrogens (tertiary/aromatic N) is 1. The SMILES string of the molecule is CC1(C(=O)NS(=O)(=O)c2cc(Cl)c(N)c(Cl)c2)CCCCO1.CN(C)CCCCOc1ccc(F)cc1. The van der Waals surface area contributed by atoms with Gasteiger partial charge in [0.1, 0.15) is 17.2 Å². The first-order chi connectivity index (χ1) is 17.3. The second-order valence-electron chi connectivity index (χ2n) is 9.08. The van der Waals surface area contributed by atoms with Gasteiger partial charge in [-0.3, -0.25) is 4.79 Å². The van der Waals surface area contributed by atoms with Crippen molar-refractivity contribution in [2.24, 2.45) is 0 Å². The van der Waals surface area contributed by atoms with E-state index in [-0.39, 0.29) is 26.4 Å². The molecule has 0 radical (unpaired) electrons. The summed E-state index contributed by atoms with van der Waals surface area (Å²) >= 11 is 11.7. The lowest BCUT2D eigenvalue weighted by Gasteiger charge is -2.32. The largest absolute Gasteiger partial charge is 0.494 e. The minimum absolute atomic E-state index is 0.000419. The highest BCUT2D eigenvalue weighted by atomic mass is 35.5. The molecule has 37 heavy (non-hydrogen) atoms. The number of hydrogen-bond acceptors (Lipinski definition) is 7. The van der Waals surface area contributed by atoms with Crippen LogP contribution in [0.1, 0.15) is 39.0 Å². The molecule has 1 heterocycles. The Morgan fingerprint density at radius 1 is 1.16 bits per heavy atom. The third-order valence-corrected chi connectivity index (χ3v) is 7.56. The minimum Gasteiger partial charge on any atom is -0.494 e. The summed E-state index contributed by atoms with van der Waals surface area (Å²) in [6.45, 7) is 3.76. The second kappa shape index (κ2) is 14.2. The van der Waals surface area contributed by atoms with Crippen LogP contribution in [0.5, 0.6) is 5.75 Å². The summed E-state index contributed by atoms with van der Waals surface area (Å²) in [5.74, 6) is -0.201. The Balaban J connectivity index is 0.000000281. The van der Waals surface area contributed by atoms with Crippen LogP contribution in [0.15, 0.2) is 41.3 Å². The third kappa shape index (κ3) is 9.94. The van der Waals surface area contributed by atoms with Gasteiger partial charge in [-0.1, -0.05) is 23.2 Å². The molecule has 0 saturated carbocycles. The highest BCUT2D eigenvalue weighted by molar-refractivity contribution is 7.90. The van der Waals surface area contributed by atoms with E-state index in [1.807, 2.05) is 4.72 Å². The first kappa shape index (κ1) is 31.1. The molecule has 1 aliphatic rings. The Hall–Kier alpha value is -2.11. The smallest absolute Gasteiger partial charge is 0.265 e. The summed E-state index contributed by atoms with van der Waals surface area (Å²) in [4.78, 5) is 14.2. The van der Waals surface area contributed by atoms with Crippen LogP contribution in [-0.2, 0) is 19.6 Å². The zero-order valence-electron chi connectivity index (χ0n) is 21.2. The van der Waals surface area contributed by atoms with Gasteiger partial charge in [-0.2, -0.15) is 0 Å². The number of hydrogen-bond donors (Lipinski definition) is 2. The summed E-state index contributed by atoms with van der Waals surface area (Å²) in [6, 6.07) is 8.41. The number of unbranched alkanes of at least 4 members (excludes halogenated alkanes) is 1. The molecule has 1 atom stereocenters. The molecule has 2 aromatic rings. The quantitative estimate of drug-likeness (QED) is 0.322. The fraction of sp³-hybridized carbons (Fsp3) is 0.480. The molecule has 1 unspecified atom stereocenters. The Labute approximate surface area is 228 Å². The van der Waals surface area contributed by atoms with Gasteiger partial charge in [0.25, 0.3) is 15.9 Å². The summed E-state index contributed by atoms with van der Waals surface area (Å²) in [5.41, 5.74) is 4.49. The molecule has 3 N–H and O–H groups in total. The molecule has 3 rings (SSSR count). The first-order valence-electron chi connectivity index (χ1n) is 11.8. The highest BCUT2D eigenvalue weighted by Gasteiger charge is 2.38. The van der Waals surface area contributed by atoms with Crippen LogP contribution in [-0.4, -0.2) is 58.7 Å². The van der Waals surface area contributed by atoms with Crippen LogP contribution in [0.4, 0.5) is 10.1 Å². The maximum Gasteiger partial charge on any atom is 0.265 e. The Kier molecular flexibility index (Phi) is 11.9. The lowest BCUT2D eigenvalue weighted by molar-refractivity contribution is -0.148. The number of nitrogen functional groups attached to an aromatic ring is 1. The van der Waals surface area contributed by atoms with Gasteiger partial charge in [-0.25, -0.2) is 17.5 Å². The van der Waals surface area contributed by atoms with Gasteiger partial charge < -0.3 is 20.1 Å². The summed E-state index contributed by atoms with van der Waals surface area (Å²) in [7, 11) is 0.0000424. The number of sulfonamides is 1. The fourth-order valence-electron chi connectivity index (χ4n) is 3.37. The van der Waals surface area contributed by atoms with E-state index in [4.69, 9.17) is 38.4 Å². The van der Waals surface area contributed by atoms with Gasteiger partial charge in [0.2, 0.25) is 0 Å². The maximum absolute atomic E-state index is 12.6. The maximum atomic E-state index is 12.6. The van der Waals surface area contributed by atoms with Gasteiger partial charge in [0.05, 0.1) is 27.2 Å². The molecule has 2 aromatic carbocycles. The predicted molar refractivity (Wildman–Crippen MR) is 144 cm³/mol. The molecule has 0 aliphatic carbocycles. The topological polar surface area (TPSA) is 111 Å². The number of benzene rings is 2. The number of carbonyl (C=O) groups excluding carboxylic acids is 1. The van der Waals surface area contributed by atoms with Crippen LogP contribution in [0.2, 0.25) is 10.0 Å². The zero-order valence-corrected chi connectivity index (χ0v) is 23.6. The van der Waals surface area contributed by atoms with Crippen molar-refractivity contribution in [3.63, 3.8) is 0 Å². The lowest BCUT2D eigenvalue weighted by Crippen LogP contribution is -2.50. The van der Waals surface area contributed by atoms with E-state index in [2.05, 4.69) is 19.0 Å². The van der Waals surface area contributed by atoms with E-state index < -0.39 is 21.5 Å². The fourth-order valence-corrected chi connectivity index (χ4v) is 5.11. The summed E-state index contributed by atoms with van der Waals surface area (Å²) in [5, 5.41) is 0.000837. The molecule has 1 fully saturated rings. The molecular weight excluding hydrogens is 544 g/mol. The number of nitrogens with one attached hydrogen (secondary N) is 1. The number of ether oxygens (including phenoxy) is 2. The number of carbonyl (C=O) groups is 1. The second-order valence-corrected chi connectivity index (χ2v) is 11.6. The van der Waals surface area contributed by atoms with Crippen LogP contribution in [0.25, 0.3) is 0 Å². The summed E-state index contributed by atoms with van der Waals surface area (Å²) < 4.78 is 50.0. The Morgan fingerprint density at radius 2 is 1.78 bits per heavy atom. The molecular formula is C25H34Cl2FN3O5S. The first-order valence-corrected chi connectivity index (χ1v) is 14.1. The van der Waals surface area contributed by atoms with E-state index >= 15 is 0 Å². The van der Waals surface area contributed by atoms with Crippen molar-refractivity contribution < 1.29 is 27.1 Å². The van der Waals surface area contributed by atoms with Crippen LogP contribution in [0.3, 0.4) is 0 Å². The third-order valence-electron chi connectivity index (χ3n) is 5.62. The van der Waals surface area contributed by atoms with Crippen LogP contribution in [0, 0.1) is 5.82 Å². The molecule has 1 saturated heterocycles. The van der Waals surface area contributed by atoms with Crippen molar-refractivity contribution in [3.05, 3.63) is 52.3 Å². The van der Waals surface area contributed by atoms with Gasteiger partial charge in [-0.05, 0) is 96.1 Å². The summed E-state index contributed by atoms with van der Waals surface area (Å²) in [6.07, 6.45) is 4.24. The number of nitrogens with two attached hydrogens (primary N) is 1. The van der Waals surface area contributed by atoms with Crippen molar-refractivity contribution in [2.75, 3.05) is 39.6 Å². The lowest BCUT2D eigenvalue weighted by atomic mass is 9.95. The number of rotatable bonds is 9. The van der Waals surface area contributed by atoms with Crippen LogP contribution >= 0.6 is 23.2 Å². The van der Waals surface area contributed by atoms with Crippen molar-refractivity contribution in [1.82, 2.24) is 9.62 Å². The van der Waals surface area contributed by atoms with E-state index in [1.54, 1.807) is 19.1 Å². The number of amides is 1. The minimum atomic E-state index is -4.11. The molecule has 0 spiro atoms. The van der Waals surface area contributed by atoms with Crippen molar-refractivity contribution in [2.45, 2.75) is 49.5 Å².